The summed E-state index contributed by atoms with van der Waals surface area (Å²) in [5, 5.41) is 3.52. The lowest BCUT2D eigenvalue weighted by molar-refractivity contribution is 0.104. The zero-order chi connectivity index (χ0) is 9.64. The van der Waals surface area contributed by atoms with Crippen molar-refractivity contribution in [2.75, 3.05) is 19.7 Å². The molecule has 0 aromatic heterocycles. The number of rotatable bonds is 7. The van der Waals surface area contributed by atoms with Gasteiger partial charge in [-0.25, -0.2) is 0 Å². The first-order valence-electron chi connectivity index (χ1n) is 6.27. The third-order valence-electron chi connectivity index (χ3n) is 3.33. The minimum Gasteiger partial charge on any atom is -0.378 e. The van der Waals surface area contributed by atoms with Crippen LogP contribution in [0.4, 0.5) is 0 Å². The summed E-state index contributed by atoms with van der Waals surface area (Å²) < 4.78 is 5.57. The fourth-order valence-corrected chi connectivity index (χ4v) is 2.18. The Balaban J connectivity index is 1.35. The van der Waals surface area contributed by atoms with Crippen LogP contribution in [0.1, 0.15) is 44.9 Å². The zero-order valence-corrected chi connectivity index (χ0v) is 9.13. The van der Waals surface area contributed by atoms with Gasteiger partial charge in [0, 0.05) is 6.61 Å². The van der Waals surface area contributed by atoms with E-state index in [1.807, 2.05) is 0 Å². The van der Waals surface area contributed by atoms with Gasteiger partial charge in [-0.3, -0.25) is 0 Å². The lowest BCUT2D eigenvalue weighted by Gasteiger charge is -2.09. The van der Waals surface area contributed by atoms with Gasteiger partial charge < -0.3 is 10.1 Å². The summed E-state index contributed by atoms with van der Waals surface area (Å²) in [5.41, 5.74) is 0. The summed E-state index contributed by atoms with van der Waals surface area (Å²) in [5.74, 6) is 1.09. The van der Waals surface area contributed by atoms with Crippen LogP contribution in [0.15, 0.2) is 0 Å². The Morgan fingerprint density at radius 3 is 2.71 bits per heavy atom. The highest BCUT2D eigenvalue weighted by Crippen LogP contribution is 2.33. The fraction of sp³-hybridized carbons (Fsp3) is 1.00. The second-order valence-electron chi connectivity index (χ2n) is 4.76. The number of ether oxygens (including phenoxy) is 1. The van der Waals surface area contributed by atoms with Crippen molar-refractivity contribution >= 4 is 0 Å². The maximum atomic E-state index is 5.57. The van der Waals surface area contributed by atoms with E-state index in [9.17, 15) is 0 Å². The van der Waals surface area contributed by atoms with E-state index >= 15 is 0 Å². The number of hydrogen-bond acceptors (Lipinski definition) is 2. The summed E-state index contributed by atoms with van der Waals surface area (Å²) in [6.07, 6.45) is 10.1. The highest BCUT2D eigenvalue weighted by atomic mass is 16.5. The molecule has 0 spiro atoms. The standard InChI is InChI=1S/C12H23NO/c1(3-11-5-6-11)8-13-9-7-12-4-2-10-14-12/h11-13H,1-10H2. The average Bonchev–Trinajstić information content (AvgIpc) is 2.87. The molecule has 1 saturated carbocycles. The van der Waals surface area contributed by atoms with Gasteiger partial charge in [-0.2, -0.15) is 0 Å². The highest BCUT2D eigenvalue weighted by Gasteiger charge is 2.20. The van der Waals surface area contributed by atoms with E-state index in [1.54, 1.807) is 0 Å². The van der Waals surface area contributed by atoms with Crippen LogP contribution in [0.2, 0.25) is 0 Å². The predicted molar refractivity (Wildman–Crippen MR) is 58.4 cm³/mol. The highest BCUT2D eigenvalue weighted by molar-refractivity contribution is 4.73. The molecule has 0 amide bonds. The second kappa shape index (κ2) is 5.72. The molecular weight excluding hydrogens is 174 g/mol. The normalized spacial score (nSPS) is 27.0. The van der Waals surface area contributed by atoms with Gasteiger partial charge in [0.2, 0.25) is 0 Å². The fourth-order valence-electron chi connectivity index (χ4n) is 2.18. The van der Waals surface area contributed by atoms with Crippen LogP contribution < -0.4 is 5.32 Å². The van der Waals surface area contributed by atoms with Crippen LogP contribution >= 0.6 is 0 Å². The molecule has 1 atom stereocenters. The van der Waals surface area contributed by atoms with Crippen LogP contribution in [0.5, 0.6) is 0 Å². The molecule has 0 aromatic rings. The maximum Gasteiger partial charge on any atom is 0.0588 e. The molecule has 14 heavy (non-hydrogen) atoms. The molecule has 0 radical (unpaired) electrons. The van der Waals surface area contributed by atoms with Gasteiger partial charge >= 0.3 is 0 Å². The van der Waals surface area contributed by atoms with Crippen molar-refractivity contribution in [2.24, 2.45) is 5.92 Å². The molecule has 2 nitrogen and oxygen atoms in total. The van der Waals surface area contributed by atoms with E-state index in [2.05, 4.69) is 5.32 Å². The number of nitrogens with one attached hydrogen (secondary N) is 1. The zero-order valence-electron chi connectivity index (χ0n) is 9.13. The predicted octanol–water partition coefficient (Wildman–Crippen LogP) is 2.34. The van der Waals surface area contributed by atoms with Crippen LogP contribution in [0, 0.1) is 5.92 Å². The smallest absolute Gasteiger partial charge is 0.0588 e. The first-order valence-corrected chi connectivity index (χ1v) is 6.27. The molecule has 1 unspecified atom stereocenters. The third-order valence-corrected chi connectivity index (χ3v) is 3.33. The molecule has 1 heterocycles. The van der Waals surface area contributed by atoms with Gasteiger partial charge in [0.1, 0.15) is 0 Å². The van der Waals surface area contributed by atoms with Gasteiger partial charge in [-0.1, -0.05) is 12.8 Å². The topological polar surface area (TPSA) is 21.3 Å². The van der Waals surface area contributed by atoms with E-state index in [4.69, 9.17) is 4.74 Å². The van der Waals surface area contributed by atoms with Crippen molar-refractivity contribution in [1.29, 1.82) is 0 Å². The summed E-state index contributed by atoms with van der Waals surface area (Å²) in [6.45, 7) is 3.35. The molecule has 82 valence electrons. The molecular formula is C12H23NO. The first-order chi connectivity index (χ1) is 6.95. The molecule has 2 rings (SSSR count). The molecule has 1 aliphatic carbocycles. The Bertz CT molecular complexity index is 150. The van der Waals surface area contributed by atoms with Gasteiger partial charge in [0.05, 0.1) is 6.10 Å². The van der Waals surface area contributed by atoms with Crippen molar-refractivity contribution in [3.63, 3.8) is 0 Å². The lowest BCUT2D eigenvalue weighted by atomic mass is 10.2. The Morgan fingerprint density at radius 2 is 2.00 bits per heavy atom. The van der Waals surface area contributed by atoms with Crippen LogP contribution in [0.3, 0.4) is 0 Å². The second-order valence-corrected chi connectivity index (χ2v) is 4.76. The van der Waals surface area contributed by atoms with Gasteiger partial charge in [-0.05, 0) is 51.1 Å². The van der Waals surface area contributed by atoms with E-state index in [1.165, 1.54) is 51.5 Å². The molecule has 0 aromatic carbocycles. The molecule has 2 aliphatic rings. The van der Waals surface area contributed by atoms with Crippen molar-refractivity contribution in [2.45, 2.75) is 51.0 Å². The maximum absolute atomic E-state index is 5.57. The summed E-state index contributed by atoms with van der Waals surface area (Å²) in [4.78, 5) is 0. The Labute approximate surface area is 87.4 Å². The van der Waals surface area contributed by atoms with Gasteiger partial charge in [0.25, 0.3) is 0 Å². The van der Waals surface area contributed by atoms with Crippen molar-refractivity contribution in [3.8, 4) is 0 Å². The Morgan fingerprint density at radius 1 is 1.07 bits per heavy atom. The molecule has 1 aliphatic heterocycles. The quantitative estimate of drug-likeness (QED) is 0.632. The average molecular weight is 197 g/mol. The van der Waals surface area contributed by atoms with Crippen molar-refractivity contribution < 1.29 is 4.74 Å². The van der Waals surface area contributed by atoms with Crippen molar-refractivity contribution in [1.82, 2.24) is 5.32 Å². The largest absolute Gasteiger partial charge is 0.378 e. The monoisotopic (exact) mass is 197 g/mol. The van der Waals surface area contributed by atoms with E-state index in [-0.39, 0.29) is 0 Å². The lowest BCUT2D eigenvalue weighted by Crippen LogP contribution is -2.21. The van der Waals surface area contributed by atoms with Crippen molar-refractivity contribution in [3.05, 3.63) is 0 Å². The van der Waals surface area contributed by atoms with E-state index in [0.29, 0.717) is 6.10 Å². The van der Waals surface area contributed by atoms with Gasteiger partial charge in [-0.15, -0.1) is 0 Å². The first kappa shape index (κ1) is 10.4. The van der Waals surface area contributed by atoms with Crippen LogP contribution in [-0.2, 0) is 4.74 Å². The van der Waals surface area contributed by atoms with Gasteiger partial charge in [0.15, 0.2) is 0 Å². The molecule has 1 saturated heterocycles. The Hall–Kier alpha value is -0.0800. The summed E-state index contributed by atoms with van der Waals surface area (Å²) in [6, 6.07) is 0. The van der Waals surface area contributed by atoms with Crippen LogP contribution in [-0.4, -0.2) is 25.8 Å². The SMILES string of the molecule is C(CNCCC1CCCO1)CC1CC1. The summed E-state index contributed by atoms with van der Waals surface area (Å²) in [7, 11) is 0. The van der Waals surface area contributed by atoms with Crippen LogP contribution in [0.25, 0.3) is 0 Å². The molecule has 0 bridgehead atoms. The van der Waals surface area contributed by atoms with E-state index in [0.717, 1.165) is 19.1 Å². The summed E-state index contributed by atoms with van der Waals surface area (Å²) >= 11 is 0. The number of hydrogen-bond donors (Lipinski definition) is 1. The molecule has 2 heteroatoms. The minimum absolute atomic E-state index is 0.561. The molecule has 2 fully saturated rings. The minimum atomic E-state index is 0.561. The molecule has 1 N–H and O–H groups in total. The third kappa shape index (κ3) is 3.97. The van der Waals surface area contributed by atoms with E-state index < -0.39 is 0 Å². The Kier molecular flexibility index (Phi) is 4.26.